The predicted octanol–water partition coefficient (Wildman–Crippen LogP) is -0.0236. The van der Waals surface area contributed by atoms with E-state index in [1.54, 1.807) is 6.07 Å². The minimum Gasteiger partial charge on any atom is -0.496 e. The van der Waals surface area contributed by atoms with Crippen LogP contribution in [-0.4, -0.2) is 24.4 Å². The summed E-state index contributed by atoms with van der Waals surface area (Å²) in [5.74, 6) is -0.144. The van der Waals surface area contributed by atoms with Gasteiger partial charge in [-0.3, -0.25) is 19.9 Å². The number of ether oxygens (including phenoxy) is 1. The molecule has 0 unspecified atom stereocenters. The molecule has 0 radical (unpaired) electrons. The van der Waals surface area contributed by atoms with Gasteiger partial charge in [0.25, 0.3) is 5.91 Å². The Morgan fingerprint density at radius 3 is 3.08 bits per heavy atom. The molecule has 0 aromatic carbocycles. The van der Waals surface area contributed by atoms with Crippen molar-refractivity contribution in [3.8, 4) is 5.75 Å². The Labute approximate surface area is 74.7 Å². The van der Waals surface area contributed by atoms with Gasteiger partial charge in [0.2, 0.25) is 6.41 Å². The lowest BCUT2D eigenvalue weighted by Gasteiger charge is -2.04. The summed E-state index contributed by atoms with van der Waals surface area (Å²) in [5, 5.41) is 2.00. The minimum atomic E-state index is -0.528. The summed E-state index contributed by atoms with van der Waals surface area (Å²) in [6.07, 6.45) is 3.14. The zero-order valence-electron chi connectivity index (χ0n) is 6.98. The minimum absolute atomic E-state index is 0.233. The topological polar surface area (TPSA) is 68.3 Å². The van der Waals surface area contributed by atoms with Crippen LogP contribution < -0.4 is 10.1 Å². The highest BCUT2D eigenvalue weighted by molar-refractivity contribution is 6.01. The van der Waals surface area contributed by atoms with Gasteiger partial charge in [-0.15, -0.1) is 0 Å². The van der Waals surface area contributed by atoms with E-state index in [9.17, 15) is 9.59 Å². The summed E-state index contributed by atoms with van der Waals surface area (Å²) in [5.41, 5.74) is 0.233. The lowest BCUT2D eigenvalue weighted by atomic mass is 10.2. The van der Waals surface area contributed by atoms with Crippen LogP contribution >= 0.6 is 0 Å². The van der Waals surface area contributed by atoms with E-state index in [1.165, 1.54) is 19.5 Å². The van der Waals surface area contributed by atoms with Crippen LogP contribution in [0.1, 0.15) is 10.4 Å². The Morgan fingerprint density at radius 1 is 1.69 bits per heavy atom. The Bertz CT molecular complexity index is 325. The van der Waals surface area contributed by atoms with Gasteiger partial charge in [0, 0.05) is 12.4 Å². The number of pyridine rings is 1. The largest absolute Gasteiger partial charge is 0.496 e. The molecule has 1 aromatic rings. The van der Waals surface area contributed by atoms with E-state index in [0.29, 0.717) is 12.2 Å². The van der Waals surface area contributed by atoms with Gasteiger partial charge in [0.1, 0.15) is 11.3 Å². The molecule has 0 bridgehead atoms. The zero-order valence-corrected chi connectivity index (χ0v) is 6.98. The third-order valence-corrected chi connectivity index (χ3v) is 1.44. The molecule has 0 aliphatic carbocycles. The number of aromatic nitrogens is 1. The predicted molar refractivity (Wildman–Crippen MR) is 44.3 cm³/mol. The number of carbonyl (C=O) groups excluding carboxylic acids is 2. The molecule has 0 saturated carbocycles. The molecule has 0 aliphatic heterocycles. The standard InChI is InChI=1S/C8H8N2O3/c1-13-7-2-3-9-4-6(7)8(12)10-5-11/h2-5H,1H3,(H,10,11,12). The smallest absolute Gasteiger partial charge is 0.262 e. The highest BCUT2D eigenvalue weighted by Gasteiger charge is 2.10. The fraction of sp³-hybridized carbons (Fsp3) is 0.125. The second-order valence-electron chi connectivity index (χ2n) is 2.17. The normalized spacial score (nSPS) is 9.00. The molecular weight excluding hydrogens is 172 g/mol. The van der Waals surface area contributed by atoms with Gasteiger partial charge in [-0.25, -0.2) is 0 Å². The molecule has 68 valence electrons. The summed E-state index contributed by atoms with van der Waals surface area (Å²) in [7, 11) is 1.44. The van der Waals surface area contributed by atoms with Crippen molar-refractivity contribution >= 4 is 12.3 Å². The first-order valence-electron chi connectivity index (χ1n) is 3.52. The van der Waals surface area contributed by atoms with Gasteiger partial charge in [-0.05, 0) is 6.07 Å². The number of nitrogens with zero attached hydrogens (tertiary/aromatic N) is 1. The van der Waals surface area contributed by atoms with Crippen LogP contribution in [0.2, 0.25) is 0 Å². The molecule has 1 N–H and O–H groups in total. The number of methoxy groups -OCH3 is 1. The molecule has 0 atom stereocenters. The molecule has 0 spiro atoms. The number of hydrogen-bond donors (Lipinski definition) is 1. The second kappa shape index (κ2) is 4.20. The lowest BCUT2D eigenvalue weighted by Crippen LogP contribution is -2.21. The van der Waals surface area contributed by atoms with E-state index in [0.717, 1.165) is 0 Å². The van der Waals surface area contributed by atoms with Gasteiger partial charge in [-0.1, -0.05) is 0 Å². The van der Waals surface area contributed by atoms with Gasteiger partial charge >= 0.3 is 0 Å². The molecule has 13 heavy (non-hydrogen) atoms. The molecule has 0 aliphatic rings. The molecular formula is C8H8N2O3. The van der Waals surface area contributed by atoms with E-state index in [2.05, 4.69) is 4.98 Å². The summed E-state index contributed by atoms with van der Waals surface area (Å²) in [4.78, 5) is 24.9. The average Bonchev–Trinajstić information content (AvgIpc) is 2.18. The van der Waals surface area contributed by atoms with Crippen molar-refractivity contribution in [2.24, 2.45) is 0 Å². The van der Waals surface area contributed by atoms with Crippen LogP contribution in [0.15, 0.2) is 18.5 Å². The van der Waals surface area contributed by atoms with E-state index in [-0.39, 0.29) is 5.56 Å². The molecule has 5 nitrogen and oxygen atoms in total. The Balaban J connectivity index is 2.98. The van der Waals surface area contributed by atoms with E-state index >= 15 is 0 Å². The van der Waals surface area contributed by atoms with E-state index < -0.39 is 5.91 Å². The first kappa shape index (κ1) is 9.18. The molecule has 1 rings (SSSR count). The molecule has 0 saturated heterocycles. The fourth-order valence-electron chi connectivity index (χ4n) is 0.861. The lowest BCUT2D eigenvalue weighted by molar-refractivity contribution is -0.108. The summed E-state index contributed by atoms with van der Waals surface area (Å²) in [6.45, 7) is 0. The maximum absolute atomic E-state index is 11.2. The number of rotatable bonds is 3. The summed E-state index contributed by atoms with van der Waals surface area (Å²) < 4.78 is 4.90. The van der Waals surface area contributed by atoms with Gasteiger partial charge < -0.3 is 4.74 Å². The molecule has 2 amide bonds. The monoisotopic (exact) mass is 180 g/mol. The van der Waals surface area contributed by atoms with Crippen molar-refractivity contribution in [2.75, 3.05) is 7.11 Å². The Morgan fingerprint density at radius 2 is 2.46 bits per heavy atom. The number of hydrogen-bond acceptors (Lipinski definition) is 4. The van der Waals surface area contributed by atoms with Gasteiger partial charge in [0.05, 0.1) is 7.11 Å². The number of imide groups is 1. The zero-order chi connectivity index (χ0) is 9.68. The highest BCUT2D eigenvalue weighted by atomic mass is 16.5. The molecule has 5 heteroatoms. The van der Waals surface area contributed by atoms with E-state index in [1.807, 2.05) is 5.32 Å². The van der Waals surface area contributed by atoms with Crippen molar-refractivity contribution in [1.82, 2.24) is 10.3 Å². The summed E-state index contributed by atoms with van der Waals surface area (Å²) in [6, 6.07) is 1.54. The molecule has 1 heterocycles. The van der Waals surface area contributed by atoms with Crippen LogP contribution in [0.4, 0.5) is 0 Å². The number of nitrogens with one attached hydrogen (secondary N) is 1. The first-order valence-corrected chi connectivity index (χ1v) is 3.52. The van der Waals surface area contributed by atoms with Crippen molar-refractivity contribution in [2.45, 2.75) is 0 Å². The van der Waals surface area contributed by atoms with Crippen LogP contribution in [0.5, 0.6) is 5.75 Å². The number of amides is 2. The quantitative estimate of drug-likeness (QED) is 0.663. The first-order chi connectivity index (χ1) is 6.29. The van der Waals surface area contributed by atoms with Crippen LogP contribution in [-0.2, 0) is 4.79 Å². The van der Waals surface area contributed by atoms with E-state index in [4.69, 9.17) is 4.74 Å². The second-order valence-corrected chi connectivity index (χ2v) is 2.17. The highest BCUT2D eigenvalue weighted by Crippen LogP contribution is 2.14. The summed E-state index contributed by atoms with van der Waals surface area (Å²) >= 11 is 0. The van der Waals surface area contributed by atoms with Crippen molar-refractivity contribution in [3.63, 3.8) is 0 Å². The van der Waals surface area contributed by atoms with Gasteiger partial charge in [-0.2, -0.15) is 0 Å². The third-order valence-electron chi connectivity index (χ3n) is 1.44. The Hall–Kier alpha value is -1.91. The molecule has 0 fully saturated rings. The van der Waals surface area contributed by atoms with Crippen LogP contribution in [0, 0.1) is 0 Å². The number of carbonyl (C=O) groups is 2. The maximum atomic E-state index is 11.2. The average molecular weight is 180 g/mol. The van der Waals surface area contributed by atoms with Crippen molar-refractivity contribution < 1.29 is 14.3 Å². The third kappa shape index (κ3) is 2.02. The Kier molecular flexibility index (Phi) is 2.97. The maximum Gasteiger partial charge on any atom is 0.262 e. The van der Waals surface area contributed by atoms with Crippen LogP contribution in [0.3, 0.4) is 0 Å². The molecule has 1 aromatic heterocycles. The van der Waals surface area contributed by atoms with Gasteiger partial charge in [0.15, 0.2) is 0 Å². The van der Waals surface area contributed by atoms with Crippen LogP contribution in [0.25, 0.3) is 0 Å². The van der Waals surface area contributed by atoms with Crippen molar-refractivity contribution in [1.29, 1.82) is 0 Å². The fourth-order valence-corrected chi connectivity index (χ4v) is 0.861. The van der Waals surface area contributed by atoms with Crippen molar-refractivity contribution in [3.05, 3.63) is 24.0 Å². The SMILES string of the molecule is COc1ccncc1C(=O)NC=O.